The van der Waals surface area contributed by atoms with E-state index in [1.54, 1.807) is 17.0 Å². The van der Waals surface area contributed by atoms with Crippen LogP contribution in [0.5, 0.6) is 17.2 Å². The van der Waals surface area contributed by atoms with Gasteiger partial charge in [-0.2, -0.15) is 0 Å². The molecule has 0 unspecified atom stereocenters. The van der Waals surface area contributed by atoms with E-state index in [0.29, 0.717) is 41.9 Å². The van der Waals surface area contributed by atoms with Gasteiger partial charge in [0, 0.05) is 30.7 Å². The minimum absolute atomic E-state index is 0.0811. The molecule has 1 aromatic rings. The molecular formula is C22H33N3O5. The Morgan fingerprint density at radius 3 is 1.87 bits per heavy atom. The summed E-state index contributed by atoms with van der Waals surface area (Å²) in [5, 5.41) is 6.16. The van der Waals surface area contributed by atoms with Crippen molar-refractivity contribution in [3.8, 4) is 17.2 Å². The van der Waals surface area contributed by atoms with Crippen molar-refractivity contribution >= 4 is 11.9 Å². The molecule has 166 valence electrons. The fraction of sp³-hybridized carbons (Fsp3) is 0.636. The molecule has 30 heavy (non-hydrogen) atoms. The van der Waals surface area contributed by atoms with Gasteiger partial charge in [-0.1, -0.05) is 19.3 Å². The van der Waals surface area contributed by atoms with Gasteiger partial charge in [0.05, 0.1) is 21.3 Å². The maximum absolute atomic E-state index is 13.0. The Labute approximate surface area is 178 Å². The van der Waals surface area contributed by atoms with E-state index in [9.17, 15) is 9.59 Å². The molecule has 1 saturated heterocycles. The van der Waals surface area contributed by atoms with Crippen LogP contribution in [0.1, 0.15) is 55.3 Å². The highest BCUT2D eigenvalue weighted by molar-refractivity contribution is 5.95. The van der Waals surface area contributed by atoms with E-state index in [-0.39, 0.29) is 18.0 Å². The molecule has 0 radical (unpaired) electrons. The molecule has 1 saturated carbocycles. The van der Waals surface area contributed by atoms with Crippen molar-refractivity contribution in [2.24, 2.45) is 0 Å². The number of likely N-dealkylation sites (tertiary alicyclic amines) is 1. The summed E-state index contributed by atoms with van der Waals surface area (Å²) in [7, 11) is 4.59. The smallest absolute Gasteiger partial charge is 0.315 e. The van der Waals surface area contributed by atoms with Gasteiger partial charge in [-0.25, -0.2) is 4.79 Å². The third kappa shape index (κ3) is 5.29. The van der Waals surface area contributed by atoms with Crippen LogP contribution in [-0.2, 0) is 0 Å². The van der Waals surface area contributed by atoms with Crippen LogP contribution < -0.4 is 24.8 Å². The highest BCUT2D eigenvalue weighted by Crippen LogP contribution is 2.38. The van der Waals surface area contributed by atoms with Gasteiger partial charge in [0.1, 0.15) is 0 Å². The number of ether oxygens (including phenoxy) is 3. The molecule has 0 atom stereocenters. The first-order valence-corrected chi connectivity index (χ1v) is 10.7. The molecule has 0 aromatic heterocycles. The summed E-state index contributed by atoms with van der Waals surface area (Å²) >= 11 is 0. The molecule has 3 amide bonds. The van der Waals surface area contributed by atoms with Crippen LogP contribution in [0.4, 0.5) is 4.79 Å². The number of piperidine rings is 1. The van der Waals surface area contributed by atoms with E-state index in [1.807, 2.05) is 0 Å². The van der Waals surface area contributed by atoms with E-state index in [4.69, 9.17) is 14.2 Å². The summed E-state index contributed by atoms with van der Waals surface area (Å²) in [6, 6.07) is 3.63. The standard InChI is InChI=1S/C22H33N3O5/c1-28-18-13-15(14-19(29-2)20(18)30-3)21(26)25-11-9-17(10-12-25)24-22(27)23-16-7-5-4-6-8-16/h13-14,16-17H,4-12H2,1-3H3,(H2,23,24,27). The molecule has 1 aliphatic heterocycles. The first-order chi connectivity index (χ1) is 14.5. The number of benzene rings is 1. The zero-order chi connectivity index (χ0) is 21.5. The van der Waals surface area contributed by atoms with Gasteiger partial charge in [-0.15, -0.1) is 0 Å². The van der Waals surface area contributed by atoms with Crippen molar-refractivity contribution in [3.05, 3.63) is 17.7 Å². The number of nitrogens with one attached hydrogen (secondary N) is 2. The van der Waals surface area contributed by atoms with Gasteiger partial charge in [-0.05, 0) is 37.8 Å². The lowest BCUT2D eigenvalue weighted by Crippen LogP contribution is -2.51. The average Bonchev–Trinajstić information content (AvgIpc) is 2.78. The highest BCUT2D eigenvalue weighted by atomic mass is 16.5. The molecular weight excluding hydrogens is 386 g/mol. The monoisotopic (exact) mass is 419 g/mol. The first-order valence-electron chi connectivity index (χ1n) is 10.7. The fourth-order valence-electron chi connectivity index (χ4n) is 4.27. The number of rotatable bonds is 6. The number of carbonyl (C=O) groups excluding carboxylic acids is 2. The number of amides is 3. The van der Waals surface area contributed by atoms with Crippen LogP contribution in [-0.4, -0.2) is 63.3 Å². The third-order valence-electron chi connectivity index (χ3n) is 5.97. The van der Waals surface area contributed by atoms with Crippen LogP contribution in [0.15, 0.2) is 12.1 Å². The van der Waals surface area contributed by atoms with E-state index < -0.39 is 0 Å². The predicted octanol–water partition coefficient (Wildman–Crippen LogP) is 2.95. The van der Waals surface area contributed by atoms with E-state index in [1.165, 1.54) is 40.6 Å². The molecule has 3 rings (SSSR count). The number of nitrogens with zero attached hydrogens (tertiary/aromatic N) is 1. The molecule has 1 aromatic carbocycles. The number of methoxy groups -OCH3 is 3. The first kappa shape index (κ1) is 22.1. The Hall–Kier alpha value is -2.64. The van der Waals surface area contributed by atoms with Crippen molar-refractivity contribution in [1.29, 1.82) is 0 Å². The Bertz CT molecular complexity index is 715. The maximum Gasteiger partial charge on any atom is 0.315 e. The van der Waals surface area contributed by atoms with Crippen LogP contribution in [0.3, 0.4) is 0 Å². The van der Waals surface area contributed by atoms with Crippen molar-refractivity contribution < 1.29 is 23.8 Å². The zero-order valence-corrected chi connectivity index (χ0v) is 18.2. The zero-order valence-electron chi connectivity index (χ0n) is 18.2. The Morgan fingerprint density at radius 2 is 1.37 bits per heavy atom. The van der Waals surface area contributed by atoms with Crippen molar-refractivity contribution in [2.45, 2.75) is 57.0 Å². The second-order valence-corrected chi connectivity index (χ2v) is 7.93. The third-order valence-corrected chi connectivity index (χ3v) is 5.97. The van der Waals surface area contributed by atoms with Crippen LogP contribution in [0.25, 0.3) is 0 Å². The molecule has 8 nitrogen and oxygen atoms in total. The van der Waals surface area contributed by atoms with Crippen molar-refractivity contribution in [1.82, 2.24) is 15.5 Å². The Balaban J connectivity index is 1.54. The van der Waals surface area contributed by atoms with Gasteiger partial charge in [0.15, 0.2) is 11.5 Å². The number of hydrogen-bond acceptors (Lipinski definition) is 5. The summed E-state index contributed by atoms with van der Waals surface area (Å²) in [6.45, 7) is 1.17. The molecule has 2 fully saturated rings. The SMILES string of the molecule is COc1cc(C(=O)N2CCC(NC(=O)NC3CCCCC3)CC2)cc(OC)c1OC. The molecule has 1 heterocycles. The quantitative estimate of drug-likeness (QED) is 0.740. The minimum Gasteiger partial charge on any atom is -0.493 e. The van der Waals surface area contributed by atoms with Crippen molar-refractivity contribution in [2.75, 3.05) is 34.4 Å². The average molecular weight is 420 g/mol. The largest absolute Gasteiger partial charge is 0.493 e. The van der Waals surface area contributed by atoms with Gasteiger partial charge >= 0.3 is 6.03 Å². The Morgan fingerprint density at radius 1 is 0.833 bits per heavy atom. The summed E-state index contributed by atoms with van der Waals surface area (Å²) in [5.41, 5.74) is 0.492. The molecule has 0 bridgehead atoms. The number of carbonyl (C=O) groups is 2. The van der Waals surface area contributed by atoms with Gasteiger partial charge in [0.2, 0.25) is 5.75 Å². The summed E-state index contributed by atoms with van der Waals surface area (Å²) < 4.78 is 16.0. The van der Waals surface area contributed by atoms with Gasteiger partial charge < -0.3 is 29.7 Å². The van der Waals surface area contributed by atoms with Gasteiger partial charge in [0.25, 0.3) is 5.91 Å². The second kappa shape index (κ2) is 10.4. The minimum atomic E-state index is -0.0868. The molecule has 8 heteroatoms. The lowest BCUT2D eigenvalue weighted by atomic mass is 9.96. The lowest BCUT2D eigenvalue weighted by Gasteiger charge is -2.33. The topological polar surface area (TPSA) is 89.1 Å². The van der Waals surface area contributed by atoms with Crippen LogP contribution >= 0.6 is 0 Å². The Kier molecular flexibility index (Phi) is 7.65. The molecule has 0 spiro atoms. The molecule has 2 aliphatic rings. The fourth-order valence-corrected chi connectivity index (χ4v) is 4.27. The van der Waals surface area contributed by atoms with E-state index in [2.05, 4.69) is 10.6 Å². The van der Waals surface area contributed by atoms with Crippen molar-refractivity contribution in [3.63, 3.8) is 0 Å². The van der Waals surface area contributed by atoms with E-state index in [0.717, 1.165) is 25.7 Å². The second-order valence-electron chi connectivity index (χ2n) is 7.93. The maximum atomic E-state index is 13.0. The van der Waals surface area contributed by atoms with E-state index >= 15 is 0 Å². The summed E-state index contributed by atoms with van der Waals surface area (Å²) in [6.07, 6.45) is 7.23. The molecule has 2 N–H and O–H groups in total. The van der Waals surface area contributed by atoms with Crippen LogP contribution in [0, 0.1) is 0 Å². The van der Waals surface area contributed by atoms with Gasteiger partial charge in [-0.3, -0.25) is 4.79 Å². The highest BCUT2D eigenvalue weighted by Gasteiger charge is 2.27. The molecule has 1 aliphatic carbocycles. The predicted molar refractivity (Wildman–Crippen MR) is 114 cm³/mol. The number of urea groups is 1. The summed E-state index contributed by atoms with van der Waals surface area (Å²) in [4.78, 5) is 27.1. The lowest BCUT2D eigenvalue weighted by molar-refractivity contribution is 0.0707. The summed E-state index contributed by atoms with van der Waals surface area (Å²) in [5.74, 6) is 1.29. The number of hydrogen-bond donors (Lipinski definition) is 2. The van der Waals surface area contributed by atoms with Crippen LogP contribution in [0.2, 0.25) is 0 Å². The normalized spacial score (nSPS) is 17.9.